The highest BCUT2D eigenvalue weighted by Crippen LogP contribution is 2.21. The van der Waals surface area contributed by atoms with Gasteiger partial charge in [-0.2, -0.15) is 4.31 Å². The van der Waals surface area contributed by atoms with E-state index < -0.39 is 32.6 Å². The number of hydrogen-bond donors (Lipinski definition) is 1. The third-order valence-corrected chi connectivity index (χ3v) is 6.24. The zero-order chi connectivity index (χ0) is 21.6. The van der Waals surface area contributed by atoms with E-state index in [-0.39, 0.29) is 25.3 Å². The van der Waals surface area contributed by atoms with E-state index in [0.717, 1.165) is 16.4 Å². The lowest BCUT2D eigenvalue weighted by atomic mass is 10.2. The minimum Gasteiger partial charge on any atom is -0.462 e. The Bertz CT molecular complexity index is 986. The van der Waals surface area contributed by atoms with Crippen LogP contribution in [0.15, 0.2) is 47.4 Å². The van der Waals surface area contributed by atoms with Crippen LogP contribution in [0.25, 0.3) is 0 Å². The summed E-state index contributed by atoms with van der Waals surface area (Å²) in [6.07, 6.45) is 0. The normalized spacial score (nSPS) is 11.3. The van der Waals surface area contributed by atoms with E-state index >= 15 is 0 Å². The van der Waals surface area contributed by atoms with Gasteiger partial charge in [0.05, 0.1) is 12.2 Å². The first kappa shape index (κ1) is 22.5. The van der Waals surface area contributed by atoms with Crippen LogP contribution in [-0.4, -0.2) is 44.3 Å². The predicted molar refractivity (Wildman–Crippen MR) is 107 cm³/mol. The topological polar surface area (TPSA) is 92.8 Å². The highest BCUT2D eigenvalue weighted by molar-refractivity contribution is 7.89. The Morgan fingerprint density at radius 1 is 1.00 bits per heavy atom. The molecule has 7 nitrogen and oxygen atoms in total. The molecule has 0 radical (unpaired) electrons. The van der Waals surface area contributed by atoms with Crippen molar-refractivity contribution in [3.63, 3.8) is 0 Å². The summed E-state index contributed by atoms with van der Waals surface area (Å²) in [6.45, 7) is 5.61. The van der Waals surface area contributed by atoms with Crippen molar-refractivity contribution < 1.29 is 27.1 Å². The molecule has 2 rings (SSSR count). The molecule has 0 atom stereocenters. The number of carbonyl (C=O) groups is 2. The molecule has 0 aromatic heterocycles. The maximum Gasteiger partial charge on any atom is 0.338 e. The summed E-state index contributed by atoms with van der Waals surface area (Å²) in [4.78, 5) is 23.6. The SMILES string of the molecule is CCOC(=O)c1ccc(NC(=O)c2ccc(F)c(S(=O)(=O)N(CC)CC)c2)cc1. The van der Waals surface area contributed by atoms with Gasteiger partial charge >= 0.3 is 5.97 Å². The van der Waals surface area contributed by atoms with Crippen molar-refractivity contribution in [2.45, 2.75) is 25.7 Å². The second-order valence-electron chi connectivity index (χ2n) is 5.99. The van der Waals surface area contributed by atoms with Crippen molar-refractivity contribution in [1.29, 1.82) is 0 Å². The third-order valence-electron chi connectivity index (χ3n) is 4.17. The number of amides is 1. The van der Waals surface area contributed by atoms with Gasteiger partial charge < -0.3 is 10.1 Å². The number of halogens is 1. The van der Waals surface area contributed by atoms with E-state index in [1.165, 1.54) is 30.3 Å². The number of sulfonamides is 1. The van der Waals surface area contributed by atoms with Gasteiger partial charge in [0.15, 0.2) is 0 Å². The molecule has 2 aromatic carbocycles. The van der Waals surface area contributed by atoms with Gasteiger partial charge in [-0.05, 0) is 49.4 Å². The van der Waals surface area contributed by atoms with Crippen LogP contribution in [0.2, 0.25) is 0 Å². The summed E-state index contributed by atoms with van der Waals surface area (Å²) in [5, 5.41) is 2.59. The van der Waals surface area contributed by atoms with E-state index in [1.807, 2.05) is 0 Å². The van der Waals surface area contributed by atoms with Crippen molar-refractivity contribution in [2.24, 2.45) is 0 Å². The number of rotatable bonds is 8. The molecule has 0 unspecified atom stereocenters. The van der Waals surface area contributed by atoms with Crippen molar-refractivity contribution in [2.75, 3.05) is 25.0 Å². The van der Waals surface area contributed by atoms with Crippen LogP contribution in [-0.2, 0) is 14.8 Å². The van der Waals surface area contributed by atoms with Crippen LogP contribution in [0.3, 0.4) is 0 Å². The van der Waals surface area contributed by atoms with Crippen molar-refractivity contribution in [3.8, 4) is 0 Å². The summed E-state index contributed by atoms with van der Waals surface area (Å²) in [5.74, 6) is -2.01. The maximum absolute atomic E-state index is 14.2. The first-order chi connectivity index (χ1) is 13.7. The lowest BCUT2D eigenvalue weighted by molar-refractivity contribution is 0.0526. The largest absolute Gasteiger partial charge is 0.462 e. The number of hydrogen-bond acceptors (Lipinski definition) is 5. The highest BCUT2D eigenvalue weighted by Gasteiger charge is 2.26. The summed E-state index contributed by atoms with van der Waals surface area (Å²) in [6, 6.07) is 9.20. The number of esters is 1. The fourth-order valence-electron chi connectivity index (χ4n) is 2.65. The predicted octanol–water partition coefficient (Wildman–Crippen LogP) is 3.29. The van der Waals surface area contributed by atoms with Crippen molar-refractivity contribution in [3.05, 3.63) is 59.4 Å². The van der Waals surface area contributed by atoms with Crippen molar-refractivity contribution >= 4 is 27.6 Å². The van der Waals surface area contributed by atoms with Gasteiger partial charge in [0.2, 0.25) is 10.0 Å². The minimum absolute atomic E-state index is 0.00778. The van der Waals surface area contributed by atoms with E-state index in [4.69, 9.17) is 4.74 Å². The van der Waals surface area contributed by atoms with Crippen LogP contribution >= 0.6 is 0 Å². The second-order valence-corrected chi connectivity index (χ2v) is 7.89. The van der Waals surface area contributed by atoms with Gasteiger partial charge in [-0.25, -0.2) is 17.6 Å². The number of benzene rings is 2. The Morgan fingerprint density at radius 3 is 2.14 bits per heavy atom. The average Bonchev–Trinajstić information content (AvgIpc) is 2.69. The van der Waals surface area contributed by atoms with Crippen LogP contribution in [0.4, 0.5) is 10.1 Å². The first-order valence-electron chi connectivity index (χ1n) is 9.12. The quantitative estimate of drug-likeness (QED) is 0.659. The third kappa shape index (κ3) is 5.18. The Kier molecular flexibility index (Phi) is 7.46. The number of ether oxygens (including phenoxy) is 1. The zero-order valence-electron chi connectivity index (χ0n) is 16.4. The molecule has 0 saturated carbocycles. The molecule has 2 aromatic rings. The van der Waals surface area contributed by atoms with Gasteiger partial charge in [-0.3, -0.25) is 4.79 Å². The number of nitrogens with one attached hydrogen (secondary N) is 1. The summed E-state index contributed by atoms with van der Waals surface area (Å²) in [7, 11) is -4.05. The van der Waals surface area contributed by atoms with E-state index in [2.05, 4.69) is 5.32 Å². The summed E-state index contributed by atoms with van der Waals surface area (Å²) >= 11 is 0. The molecule has 1 N–H and O–H groups in total. The Balaban J connectivity index is 2.25. The minimum atomic E-state index is -4.05. The second kappa shape index (κ2) is 9.62. The molecule has 156 valence electrons. The molecular formula is C20H23FN2O5S. The number of anilines is 1. The lowest BCUT2D eigenvalue weighted by Gasteiger charge is -2.19. The number of nitrogens with zero attached hydrogens (tertiary/aromatic N) is 1. The van der Waals surface area contributed by atoms with Gasteiger partial charge in [0.1, 0.15) is 10.7 Å². The van der Waals surface area contributed by atoms with Gasteiger partial charge in [0, 0.05) is 24.3 Å². The van der Waals surface area contributed by atoms with E-state index in [9.17, 15) is 22.4 Å². The zero-order valence-corrected chi connectivity index (χ0v) is 17.3. The molecule has 0 aliphatic heterocycles. The first-order valence-corrected chi connectivity index (χ1v) is 10.6. The van der Waals surface area contributed by atoms with Crippen LogP contribution in [0.5, 0.6) is 0 Å². The standard InChI is InChI=1S/C20H23FN2O5S/c1-4-23(5-2)29(26,27)18-13-15(9-12-17(18)21)19(24)22-16-10-7-14(8-11-16)20(25)28-6-3/h7-13H,4-6H2,1-3H3,(H,22,24). The fourth-order valence-corrected chi connectivity index (χ4v) is 4.20. The molecule has 0 spiro atoms. The lowest BCUT2D eigenvalue weighted by Crippen LogP contribution is -2.31. The molecule has 0 aliphatic rings. The molecule has 0 bridgehead atoms. The highest BCUT2D eigenvalue weighted by atomic mass is 32.2. The molecular weight excluding hydrogens is 399 g/mol. The fraction of sp³-hybridized carbons (Fsp3) is 0.300. The van der Waals surface area contributed by atoms with Crippen LogP contribution in [0.1, 0.15) is 41.5 Å². The number of carbonyl (C=O) groups excluding carboxylic acids is 2. The molecule has 1 amide bonds. The molecule has 0 fully saturated rings. The molecule has 0 heterocycles. The summed E-state index contributed by atoms with van der Waals surface area (Å²) < 4.78 is 45.4. The Morgan fingerprint density at radius 2 is 1.59 bits per heavy atom. The van der Waals surface area contributed by atoms with Gasteiger partial charge in [-0.1, -0.05) is 13.8 Å². The maximum atomic E-state index is 14.2. The summed E-state index contributed by atoms with van der Waals surface area (Å²) in [5.41, 5.74) is 0.714. The molecule has 0 saturated heterocycles. The van der Waals surface area contributed by atoms with Crippen LogP contribution in [0, 0.1) is 5.82 Å². The molecule has 29 heavy (non-hydrogen) atoms. The van der Waals surface area contributed by atoms with Gasteiger partial charge in [-0.15, -0.1) is 0 Å². The van der Waals surface area contributed by atoms with Crippen molar-refractivity contribution in [1.82, 2.24) is 4.31 Å². The monoisotopic (exact) mass is 422 g/mol. The Hall–Kier alpha value is -2.78. The van der Waals surface area contributed by atoms with E-state index in [1.54, 1.807) is 20.8 Å². The average molecular weight is 422 g/mol. The smallest absolute Gasteiger partial charge is 0.338 e. The van der Waals surface area contributed by atoms with Gasteiger partial charge in [0.25, 0.3) is 5.91 Å². The van der Waals surface area contributed by atoms with E-state index in [0.29, 0.717) is 11.3 Å². The molecule has 9 heteroatoms. The van der Waals surface area contributed by atoms with Crippen LogP contribution < -0.4 is 5.32 Å². The Labute approximate surface area is 169 Å². The molecule has 0 aliphatic carbocycles.